The lowest BCUT2D eigenvalue weighted by molar-refractivity contribution is 0.136. The summed E-state index contributed by atoms with van der Waals surface area (Å²) < 4.78 is 0. The van der Waals surface area contributed by atoms with Crippen molar-refractivity contribution in [2.45, 2.75) is 51.6 Å². The van der Waals surface area contributed by atoms with Gasteiger partial charge < -0.3 is 10.2 Å². The first-order chi connectivity index (χ1) is 6.66. The Balaban J connectivity index is 1.88. The highest BCUT2D eigenvalue weighted by molar-refractivity contribution is 5.75. The zero-order valence-corrected chi connectivity index (χ0v) is 9.12. The van der Waals surface area contributed by atoms with Gasteiger partial charge in [0, 0.05) is 18.6 Å². The molecular formula is C11H20N2O. The van der Waals surface area contributed by atoms with Crippen LogP contribution in [0.5, 0.6) is 0 Å². The molecule has 2 aliphatic rings. The summed E-state index contributed by atoms with van der Waals surface area (Å²) in [5, 5.41) is 3.06. The Hall–Kier alpha value is -0.730. The lowest BCUT2D eigenvalue weighted by atomic mass is 9.95. The van der Waals surface area contributed by atoms with Crippen molar-refractivity contribution in [1.29, 1.82) is 0 Å². The van der Waals surface area contributed by atoms with Gasteiger partial charge in [-0.1, -0.05) is 6.92 Å². The van der Waals surface area contributed by atoms with Gasteiger partial charge in [0.25, 0.3) is 0 Å². The van der Waals surface area contributed by atoms with E-state index in [1.54, 1.807) is 0 Å². The standard InChI is InChI=1S/C11H20N2O/c1-8-3-4-9(2)13(7-8)11(14)12-10-5-6-10/h8-10H,3-7H2,1-2H3,(H,12,14)/t8-,9+/m1/s1. The highest BCUT2D eigenvalue weighted by Gasteiger charge is 2.30. The molecular weight excluding hydrogens is 176 g/mol. The van der Waals surface area contributed by atoms with Crippen LogP contribution in [0.1, 0.15) is 39.5 Å². The Labute approximate surface area is 85.8 Å². The second-order valence-corrected chi connectivity index (χ2v) is 4.91. The molecule has 0 radical (unpaired) electrons. The zero-order chi connectivity index (χ0) is 10.1. The minimum Gasteiger partial charge on any atom is -0.335 e. The quantitative estimate of drug-likeness (QED) is 0.683. The molecule has 2 rings (SSSR count). The fourth-order valence-corrected chi connectivity index (χ4v) is 2.06. The molecule has 0 unspecified atom stereocenters. The van der Waals surface area contributed by atoms with Gasteiger partial charge in [-0.2, -0.15) is 0 Å². The maximum atomic E-state index is 11.8. The number of rotatable bonds is 1. The van der Waals surface area contributed by atoms with Gasteiger partial charge >= 0.3 is 6.03 Å². The van der Waals surface area contributed by atoms with Crippen molar-refractivity contribution in [2.24, 2.45) is 5.92 Å². The van der Waals surface area contributed by atoms with Gasteiger partial charge in [-0.3, -0.25) is 0 Å². The van der Waals surface area contributed by atoms with E-state index >= 15 is 0 Å². The first-order valence-electron chi connectivity index (χ1n) is 5.74. The number of hydrogen-bond donors (Lipinski definition) is 1. The van der Waals surface area contributed by atoms with E-state index in [4.69, 9.17) is 0 Å². The third-order valence-electron chi connectivity index (χ3n) is 3.28. The van der Waals surface area contributed by atoms with E-state index < -0.39 is 0 Å². The average molecular weight is 196 g/mol. The number of hydrogen-bond acceptors (Lipinski definition) is 1. The Kier molecular flexibility index (Phi) is 2.66. The van der Waals surface area contributed by atoms with Crippen molar-refractivity contribution in [3.8, 4) is 0 Å². The van der Waals surface area contributed by atoms with Crippen molar-refractivity contribution in [1.82, 2.24) is 10.2 Å². The molecule has 2 amide bonds. The molecule has 0 aromatic carbocycles. The van der Waals surface area contributed by atoms with Crippen molar-refractivity contribution >= 4 is 6.03 Å². The highest BCUT2D eigenvalue weighted by Crippen LogP contribution is 2.23. The molecule has 0 aromatic heterocycles. The summed E-state index contributed by atoms with van der Waals surface area (Å²) in [4.78, 5) is 13.8. The monoisotopic (exact) mass is 196 g/mol. The van der Waals surface area contributed by atoms with Crippen LogP contribution in [-0.2, 0) is 0 Å². The van der Waals surface area contributed by atoms with Crippen LogP contribution < -0.4 is 5.32 Å². The van der Waals surface area contributed by atoms with Crippen molar-refractivity contribution < 1.29 is 4.79 Å². The molecule has 3 heteroatoms. The molecule has 14 heavy (non-hydrogen) atoms. The van der Waals surface area contributed by atoms with E-state index in [1.807, 2.05) is 4.90 Å². The molecule has 1 N–H and O–H groups in total. The predicted octanol–water partition coefficient (Wildman–Crippen LogP) is 1.98. The summed E-state index contributed by atoms with van der Waals surface area (Å²) in [6, 6.07) is 1.06. The topological polar surface area (TPSA) is 32.3 Å². The second kappa shape index (κ2) is 3.79. The molecule has 1 aliphatic heterocycles. The summed E-state index contributed by atoms with van der Waals surface area (Å²) in [5.74, 6) is 0.663. The van der Waals surface area contributed by atoms with Gasteiger partial charge in [-0.15, -0.1) is 0 Å². The smallest absolute Gasteiger partial charge is 0.317 e. The largest absolute Gasteiger partial charge is 0.335 e. The number of piperidine rings is 1. The summed E-state index contributed by atoms with van der Waals surface area (Å²) in [7, 11) is 0. The Bertz CT molecular complexity index is 225. The lowest BCUT2D eigenvalue weighted by Gasteiger charge is -2.36. The van der Waals surface area contributed by atoms with E-state index in [9.17, 15) is 4.79 Å². The van der Waals surface area contributed by atoms with Crippen molar-refractivity contribution in [3.05, 3.63) is 0 Å². The normalized spacial score (nSPS) is 32.9. The van der Waals surface area contributed by atoms with Crippen LogP contribution in [0.15, 0.2) is 0 Å². The van der Waals surface area contributed by atoms with Crippen LogP contribution in [-0.4, -0.2) is 29.6 Å². The summed E-state index contributed by atoms with van der Waals surface area (Å²) >= 11 is 0. The third-order valence-corrected chi connectivity index (χ3v) is 3.28. The van der Waals surface area contributed by atoms with Crippen molar-refractivity contribution in [3.63, 3.8) is 0 Å². The van der Waals surface area contributed by atoms with Gasteiger partial charge in [0.2, 0.25) is 0 Å². The highest BCUT2D eigenvalue weighted by atomic mass is 16.2. The minimum absolute atomic E-state index is 0.159. The van der Waals surface area contributed by atoms with E-state index in [-0.39, 0.29) is 6.03 Å². The molecule has 0 spiro atoms. The van der Waals surface area contributed by atoms with E-state index in [2.05, 4.69) is 19.2 Å². The first kappa shape index (κ1) is 9.81. The molecule has 0 bridgehead atoms. The number of carbonyl (C=O) groups is 1. The van der Waals surface area contributed by atoms with Crippen LogP contribution in [0.3, 0.4) is 0 Å². The van der Waals surface area contributed by atoms with Crippen LogP contribution in [0, 0.1) is 5.92 Å². The molecule has 1 saturated heterocycles. The number of amides is 2. The molecule has 1 heterocycles. The fourth-order valence-electron chi connectivity index (χ4n) is 2.06. The predicted molar refractivity (Wildman–Crippen MR) is 56.1 cm³/mol. The van der Waals surface area contributed by atoms with E-state index in [1.165, 1.54) is 19.3 Å². The summed E-state index contributed by atoms with van der Waals surface area (Å²) in [6.07, 6.45) is 4.75. The number of likely N-dealkylation sites (tertiary alicyclic amines) is 1. The first-order valence-corrected chi connectivity index (χ1v) is 5.74. The third kappa shape index (κ3) is 2.20. The van der Waals surface area contributed by atoms with Crippen molar-refractivity contribution in [2.75, 3.05) is 6.54 Å². The molecule has 0 aromatic rings. The molecule has 1 aliphatic carbocycles. The maximum absolute atomic E-state index is 11.8. The van der Waals surface area contributed by atoms with Crippen LogP contribution in [0.2, 0.25) is 0 Å². The molecule has 2 atom stereocenters. The Morgan fingerprint density at radius 3 is 2.57 bits per heavy atom. The Morgan fingerprint density at radius 1 is 1.21 bits per heavy atom. The van der Waals surface area contributed by atoms with Gasteiger partial charge in [-0.25, -0.2) is 4.79 Å². The molecule has 80 valence electrons. The lowest BCUT2D eigenvalue weighted by Crippen LogP contribution is -2.50. The average Bonchev–Trinajstić information content (AvgIpc) is 2.93. The summed E-state index contributed by atoms with van der Waals surface area (Å²) in [6.45, 7) is 5.31. The molecule has 1 saturated carbocycles. The molecule has 2 fully saturated rings. The van der Waals surface area contributed by atoms with Crippen LogP contribution in [0.25, 0.3) is 0 Å². The number of nitrogens with zero attached hydrogens (tertiary/aromatic N) is 1. The van der Waals surface area contributed by atoms with E-state index in [0.717, 1.165) is 13.0 Å². The van der Waals surface area contributed by atoms with Gasteiger partial charge in [-0.05, 0) is 38.5 Å². The molecule has 3 nitrogen and oxygen atoms in total. The minimum atomic E-state index is 0.159. The number of urea groups is 1. The van der Waals surface area contributed by atoms with Crippen LogP contribution in [0.4, 0.5) is 4.79 Å². The fraction of sp³-hybridized carbons (Fsp3) is 0.909. The SMILES string of the molecule is C[C@@H]1CC[C@H](C)N(C(=O)NC2CC2)C1. The second-order valence-electron chi connectivity index (χ2n) is 4.91. The van der Waals surface area contributed by atoms with Gasteiger partial charge in [0.1, 0.15) is 0 Å². The zero-order valence-electron chi connectivity index (χ0n) is 9.12. The Morgan fingerprint density at radius 2 is 1.93 bits per heavy atom. The summed E-state index contributed by atoms with van der Waals surface area (Å²) in [5.41, 5.74) is 0. The van der Waals surface area contributed by atoms with E-state index in [0.29, 0.717) is 18.0 Å². The van der Waals surface area contributed by atoms with Gasteiger partial charge in [0.05, 0.1) is 0 Å². The maximum Gasteiger partial charge on any atom is 0.317 e. The number of carbonyl (C=O) groups excluding carboxylic acids is 1. The number of nitrogens with one attached hydrogen (secondary N) is 1. The van der Waals surface area contributed by atoms with Crippen LogP contribution >= 0.6 is 0 Å². The van der Waals surface area contributed by atoms with Gasteiger partial charge in [0.15, 0.2) is 0 Å².